The van der Waals surface area contributed by atoms with Crippen molar-refractivity contribution >= 4 is 27.2 Å². The van der Waals surface area contributed by atoms with E-state index in [1.807, 2.05) is 42.5 Å². The van der Waals surface area contributed by atoms with Gasteiger partial charge in [-0.2, -0.15) is 4.98 Å². The average Bonchev–Trinajstić information content (AvgIpc) is 2.62. The lowest BCUT2D eigenvalue weighted by Gasteiger charge is -2.27. The van der Waals surface area contributed by atoms with Gasteiger partial charge < -0.3 is 4.90 Å². The molecule has 3 aromatic rings. The molecular formula is C18H17N3OS. The summed E-state index contributed by atoms with van der Waals surface area (Å²) < 4.78 is 0.952. The lowest BCUT2D eigenvalue weighted by Crippen LogP contribution is -2.30. The van der Waals surface area contributed by atoms with Gasteiger partial charge >= 0.3 is 0 Å². The van der Waals surface area contributed by atoms with Gasteiger partial charge in [-0.3, -0.25) is 4.79 Å². The van der Waals surface area contributed by atoms with Crippen molar-refractivity contribution in [2.75, 3.05) is 18.0 Å². The minimum absolute atomic E-state index is 0.181. The molecule has 0 unspecified atom stereocenters. The maximum absolute atomic E-state index is 12.2. The minimum atomic E-state index is -0.181. The summed E-state index contributed by atoms with van der Waals surface area (Å²) in [5, 5.41) is 1.36. The maximum Gasteiger partial charge on any atom is 0.279 e. The number of aromatic nitrogens is 2. The van der Waals surface area contributed by atoms with Crippen LogP contribution < -0.4 is 10.5 Å². The van der Waals surface area contributed by atoms with E-state index in [0.717, 1.165) is 29.3 Å². The second-order valence-electron chi connectivity index (χ2n) is 5.75. The lowest BCUT2D eigenvalue weighted by molar-refractivity contribution is 0.573. The van der Waals surface area contributed by atoms with Gasteiger partial charge in [-0.1, -0.05) is 18.2 Å². The van der Waals surface area contributed by atoms with Crippen LogP contribution in [0.4, 0.5) is 5.82 Å². The largest absolute Gasteiger partial charge is 0.357 e. The molecule has 0 N–H and O–H groups in total. The Morgan fingerprint density at radius 2 is 1.74 bits per heavy atom. The van der Waals surface area contributed by atoms with Crippen molar-refractivity contribution in [2.45, 2.75) is 19.3 Å². The number of anilines is 1. The molecule has 0 saturated carbocycles. The number of fused-ring (bicyclic) bond motifs is 1. The first-order valence-corrected chi connectivity index (χ1v) is 8.75. The molecule has 1 aromatic carbocycles. The van der Waals surface area contributed by atoms with Crippen LogP contribution in [0.15, 0.2) is 47.3 Å². The number of piperidine rings is 1. The van der Waals surface area contributed by atoms with Crippen molar-refractivity contribution < 1.29 is 0 Å². The fourth-order valence-corrected chi connectivity index (χ4v) is 3.93. The molecule has 0 radical (unpaired) electrons. The predicted molar refractivity (Wildman–Crippen MR) is 95.2 cm³/mol. The van der Waals surface area contributed by atoms with Crippen molar-refractivity contribution in [3.63, 3.8) is 0 Å². The van der Waals surface area contributed by atoms with Gasteiger partial charge in [0, 0.05) is 17.8 Å². The molecule has 4 rings (SSSR count). The highest BCUT2D eigenvalue weighted by Crippen LogP contribution is 2.26. The molecule has 116 valence electrons. The third-order valence-electron chi connectivity index (χ3n) is 4.16. The Bertz CT molecular complexity index is 900. The third-order valence-corrected chi connectivity index (χ3v) is 5.23. The first-order chi connectivity index (χ1) is 11.3. The van der Waals surface area contributed by atoms with Crippen molar-refractivity contribution in [1.29, 1.82) is 0 Å². The van der Waals surface area contributed by atoms with Crippen LogP contribution in [0.25, 0.3) is 20.8 Å². The Morgan fingerprint density at radius 3 is 2.61 bits per heavy atom. The molecule has 3 heterocycles. The Balaban J connectivity index is 1.77. The molecule has 4 nitrogen and oxygen atoms in total. The number of benzene rings is 1. The van der Waals surface area contributed by atoms with Gasteiger partial charge in [0.05, 0.1) is 5.39 Å². The van der Waals surface area contributed by atoms with E-state index in [1.54, 1.807) is 0 Å². The van der Waals surface area contributed by atoms with Gasteiger partial charge in [-0.15, -0.1) is 11.3 Å². The maximum atomic E-state index is 12.2. The normalized spacial score (nSPS) is 15.0. The average molecular weight is 323 g/mol. The van der Waals surface area contributed by atoms with Crippen molar-refractivity contribution in [2.24, 2.45) is 0 Å². The van der Waals surface area contributed by atoms with Gasteiger partial charge in [-0.25, -0.2) is 4.98 Å². The number of pyridine rings is 1. The van der Waals surface area contributed by atoms with Crippen LogP contribution in [0, 0.1) is 0 Å². The molecule has 5 heteroatoms. The Morgan fingerprint density at radius 1 is 0.913 bits per heavy atom. The van der Waals surface area contributed by atoms with Crippen LogP contribution in [-0.2, 0) is 0 Å². The monoisotopic (exact) mass is 323 g/mol. The van der Waals surface area contributed by atoms with Gasteiger partial charge in [0.2, 0.25) is 0 Å². The first kappa shape index (κ1) is 14.3. The molecule has 1 aliphatic heterocycles. The second-order valence-corrected chi connectivity index (χ2v) is 6.78. The highest BCUT2D eigenvalue weighted by Gasteiger charge is 2.14. The predicted octanol–water partition coefficient (Wildman–Crippen LogP) is 3.71. The standard InChI is InChI=1S/C18H17N3OS/c22-17-13-7-2-3-9-15(13)23-18(20-17)14-8-6-10-16(19-14)21-11-4-1-5-12-21/h2-3,6-10H,1,4-5,11-12H2. The molecule has 1 aliphatic rings. The van der Waals surface area contributed by atoms with E-state index in [0.29, 0.717) is 10.4 Å². The molecule has 0 amide bonds. The van der Waals surface area contributed by atoms with E-state index in [2.05, 4.69) is 9.88 Å². The molecule has 0 bridgehead atoms. The van der Waals surface area contributed by atoms with Crippen LogP contribution in [0.1, 0.15) is 19.3 Å². The summed E-state index contributed by atoms with van der Waals surface area (Å²) in [5.41, 5.74) is 0.598. The quantitative estimate of drug-likeness (QED) is 0.721. The van der Waals surface area contributed by atoms with Gasteiger partial charge in [-0.05, 0) is 43.5 Å². The molecule has 2 aromatic heterocycles. The smallest absolute Gasteiger partial charge is 0.279 e. The lowest BCUT2D eigenvalue weighted by atomic mass is 10.1. The van der Waals surface area contributed by atoms with E-state index in [-0.39, 0.29) is 5.56 Å². The fraction of sp³-hybridized carbons (Fsp3) is 0.278. The Kier molecular flexibility index (Phi) is 3.79. The molecule has 0 aliphatic carbocycles. The summed E-state index contributed by atoms with van der Waals surface area (Å²) in [6.45, 7) is 2.11. The summed E-state index contributed by atoms with van der Waals surface area (Å²) in [6.07, 6.45) is 3.73. The van der Waals surface area contributed by atoms with Crippen molar-refractivity contribution in [3.05, 3.63) is 52.8 Å². The van der Waals surface area contributed by atoms with E-state index in [4.69, 9.17) is 4.98 Å². The van der Waals surface area contributed by atoms with E-state index < -0.39 is 0 Å². The zero-order chi connectivity index (χ0) is 15.6. The van der Waals surface area contributed by atoms with Crippen LogP contribution in [0.5, 0.6) is 0 Å². The molecule has 1 fully saturated rings. The number of nitrogens with zero attached hydrogens (tertiary/aromatic N) is 3. The van der Waals surface area contributed by atoms with Gasteiger partial charge in [0.25, 0.3) is 5.56 Å². The summed E-state index contributed by atoms with van der Waals surface area (Å²) in [4.78, 5) is 23.5. The first-order valence-electron chi connectivity index (χ1n) is 7.93. The molecule has 23 heavy (non-hydrogen) atoms. The zero-order valence-corrected chi connectivity index (χ0v) is 13.6. The SMILES string of the molecule is O=c1nc(-c2cccc(N3CCCCC3)n2)sc2ccccc12. The van der Waals surface area contributed by atoms with E-state index in [9.17, 15) is 4.79 Å². The van der Waals surface area contributed by atoms with Crippen LogP contribution in [0.2, 0.25) is 0 Å². The highest BCUT2D eigenvalue weighted by atomic mass is 32.1. The number of rotatable bonds is 2. The van der Waals surface area contributed by atoms with Crippen molar-refractivity contribution in [1.82, 2.24) is 9.97 Å². The second kappa shape index (κ2) is 6.08. The molecule has 0 spiro atoms. The van der Waals surface area contributed by atoms with E-state index >= 15 is 0 Å². The Hall–Kier alpha value is -2.27. The van der Waals surface area contributed by atoms with Gasteiger partial charge in [0.1, 0.15) is 16.5 Å². The Labute approximate surface area is 138 Å². The number of hydrogen-bond acceptors (Lipinski definition) is 5. The van der Waals surface area contributed by atoms with Crippen LogP contribution in [0.3, 0.4) is 0 Å². The third kappa shape index (κ3) is 2.84. The van der Waals surface area contributed by atoms with Crippen LogP contribution in [-0.4, -0.2) is 23.1 Å². The van der Waals surface area contributed by atoms with Crippen molar-refractivity contribution in [3.8, 4) is 10.7 Å². The summed E-state index contributed by atoms with van der Waals surface area (Å²) in [6, 6.07) is 13.6. The fourth-order valence-electron chi connectivity index (χ4n) is 2.96. The molecule has 1 saturated heterocycles. The molecule has 0 atom stereocenters. The highest BCUT2D eigenvalue weighted by molar-refractivity contribution is 7.21. The van der Waals surface area contributed by atoms with Gasteiger partial charge in [0.15, 0.2) is 0 Å². The summed E-state index contributed by atoms with van der Waals surface area (Å²) in [5.74, 6) is 0.983. The number of hydrogen-bond donors (Lipinski definition) is 0. The molecular weight excluding hydrogens is 306 g/mol. The van der Waals surface area contributed by atoms with E-state index in [1.165, 1.54) is 30.6 Å². The zero-order valence-electron chi connectivity index (χ0n) is 12.7. The topological polar surface area (TPSA) is 46.1 Å². The summed E-state index contributed by atoms with van der Waals surface area (Å²) in [7, 11) is 0. The van der Waals surface area contributed by atoms with Crippen LogP contribution >= 0.6 is 11.3 Å². The minimum Gasteiger partial charge on any atom is -0.357 e. The summed E-state index contributed by atoms with van der Waals surface area (Å²) >= 11 is 1.52.